The molecule has 2 aromatic heterocycles. The normalized spacial score (nSPS) is 13.0. The zero-order valence-corrected chi connectivity index (χ0v) is 18.2. The lowest BCUT2D eigenvalue weighted by Crippen LogP contribution is -2.24. The Morgan fingerprint density at radius 3 is 2.72 bits per heavy atom. The molecule has 1 aliphatic heterocycles. The number of rotatable bonds is 7. The van der Waals surface area contributed by atoms with E-state index < -0.39 is 0 Å². The molecule has 3 heterocycles. The molecule has 0 fully saturated rings. The van der Waals surface area contributed by atoms with E-state index in [2.05, 4.69) is 49.9 Å². The smallest absolute Gasteiger partial charge is 0.231 e. The number of nitrogen functional groups attached to an aromatic ring is 1. The first-order valence-electron chi connectivity index (χ1n) is 9.83. The van der Waals surface area contributed by atoms with Gasteiger partial charge in [0.2, 0.25) is 6.79 Å². The second-order valence-corrected chi connectivity index (χ2v) is 8.11. The van der Waals surface area contributed by atoms with Gasteiger partial charge in [-0.25, -0.2) is 15.0 Å². The van der Waals surface area contributed by atoms with Gasteiger partial charge in [-0.2, -0.15) is 0 Å². The van der Waals surface area contributed by atoms with Gasteiger partial charge < -0.3 is 25.1 Å². The molecule has 9 heteroatoms. The van der Waals surface area contributed by atoms with Crippen molar-refractivity contribution in [3.8, 4) is 11.5 Å². The summed E-state index contributed by atoms with van der Waals surface area (Å²) in [5.74, 6) is 2.90. The standard InChI is InChI=1S/C20H27N6O2P/c1-11(2)22-5-4-6-26-16(23-17-18(21)24-20(29)25-19(17)26)9-13-8-15-14(7-12(13)3)27-10-28-15/h7-8,11,22H,4-6,9-10,29H2,1-3H3,(H2,21,24,25). The van der Waals surface area contributed by atoms with E-state index in [1.165, 1.54) is 0 Å². The Bertz CT molecular complexity index is 1050. The zero-order chi connectivity index (χ0) is 20.5. The Kier molecular flexibility index (Phi) is 5.56. The fraction of sp³-hybridized carbons (Fsp3) is 0.450. The SMILES string of the molecule is Cc1cc2c(cc1Cc1nc3c(N)nc(P)nc3n1CCCNC(C)C)OCO2. The van der Waals surface area contributed by atoms with Crippen molar-refractivity contribution < 1.29 is 9.47 Å². The number of anilines is 1. The van der Waals surface area contributed by atoms with Crippen molar-refractivity contribution in [1.82, 2.24) is 24.8 Å². The number of imidazole rings is 1. The molecule has 1 aromatic carbocycles. The summed E-state index contributed by atoms with van der Waals surface area (Å²) in [5.41, 5.74) is 10.4. The van der Waals surface area contributed by atoms with Crippen LogP contribution >= 0.6 is 9.24 Å². The fourth-order valence-corrected chi connectivity index (χ4v) is 3.79. The molecular weight excluding hydrogens is 387 g/mol. The number of aromatic nitrogens is 4. The van der Waals surface area contributed by atoms with E-state index in [0.29, 0.717) is 29.4 Å². The second-order valence-electron chi connectivity index (χ2n) is 7.59. The Morgan fingerprint density at radius 2 is 1.97 bits per heavy atom. The van der Waals surface area contributed by atoms with Crippen molar-refractivity contribution in [3.05, 3.63) is 29.1 Å². The molecule has 3 N–H and O–H groups in total. The van der Waals surface area contributed by atoms with E-state index in [0.717, 1.165) is 53.6 Å². The van der Waals surface area contributed by atoms with Crippen LogP contribution in [0.3, 0.4) is 0 Å². The van der Waals surface area contributed by atoms with Crippen molar-refractivity contribution in [1.29, 1.82) is 0 Å². The first-order valence-corrected chi connectivity index (χ1v) is 10.4. The lowest BCUT2D eigenvalue weighted by atomic mass is 10.0. The van der Waals surface area contributed by atoms with Gasteiger partial charge in [0.05, 0.1) is 0 Å². The Morgan fingerprint density at radius 1 is 1.21 bits per heavy atom. The van der Waals surface area contributed by atoms with Crippen LogP contribution in [0, 0.1) is 6.92 Å². The summed E-state index contributed by atoms with van der Waals surface area (Å²) in [4.78, 5) is 13.7. The van der Waals surface area contributed by atoms with Gasteiger partial charge in [-0.15, -0.1) is 0 Å². The number of hydrogen-bond acceptors (Lipinski definition) is 7. The summed E-state index contributed by atoms with van der Waals surface area (Å²) in [6.07, 6.45) is 1.62. The molecule has 4 rings (SSSR count). The molecule has 0 aliphatic carbocycles. The molecule has 29 heavy (non-hydrogen) atoms. The monoisotopic (exact) mass is 414 g/mol. The molecular formula is C20H27N6O2P. The van der Waals surface area contributed by atoms with E-state index in [9.17, 15) is 0 Å². The third-order valence-corrected chi connectivity index (χ3v) is 5.27. The van der Waals surface area contributed by atoms with Gasteiger partial charge in [-0.3, -0.25) is 0 Å². The van der Waals surface area contributed by atoms with Gasteiger partial charge in [-0.05, 0) is 43.1 Å². The van der Waals surface area contributed by atoms with Crippen LogP contribution in [0.5, 0.6) is 11.5 Å². The summed E-state index contributed by atoms with van der Waals surface area (Å²) >= 11 is 0. The number of fused-ring (bicyclic) bond motifs is 2. The van der Waals surface area contributed by atoms with Crippen LogP contribution in [0.15, 0.2) is 12.1 Å². The predicted octanol–water partition coefficient (Wildman–Crippen LogP) is 1.92. The number of nitrogens with two attached hydrogens (primary N) is 1. The molecule has 0 spiro atoms. The Balaban J connectivity index is 1.69. The number of hydrogen-bond donors (Lipinski definition) is 2. The minimum atomic E-state index is 0.267. The van der Waals surface area contributed by atoms with Crippen LogP contribution in [-0.4, -0.2) is 38.9 Å². The molecule has 0 amide bonds. The number of ether oxygens (including phenoxy) is 2. The molecule has 1 unspecified atom stereocenters. The highest BCUT2D eigenvalue weighted by Gasteiger charge is 2.20. The first-order chi connectivity index (χ1) is 13.9. The third kappa shape index (κ3) is 4.14. The number of benzene rings is 1. The van der Waals surface area contributed by atoms with Gasteiger partial charge in [0, 0.05) is 19.0 Å². The van der Waals surface area contributed by atoms with E-state index in [4.69, 9.17) is 20.2 Å². The van der Waals surface area contributed by atoms with Gasteiger partial charge >= 0.3 is 0 Å². The average molecular weight is 414 g/mol. The van der Waals surface area contributed by atoms with Gasteiger partial charge in [0.15, 0.2) is 28.5 Å². The van der Waals surface area contributed by atoms with Gasteiger partial charge in [-0.1, -0.05) is 23.1 Å². The van der Waals surface area contributed by atoms with Crippen LogP contribution in [0.2, 0.25) is 0 Å². The zero-order valence-electron chi connectivity index (χ0n) is 17.0. The molecule has 0 saturated heterocycles. The van der Waals surface area contributed by atoms with E-state index in [-0.39, 0.29) is 6.79 Å². The van der Waals surface area contributed by atoms with Gasteiger partial charge in [0.1, 0.15) is 11.4 Å². The van der Waals surface area contributed by atoms with Crippen LogP contribution in [0.1, 0.15) is 37.2 Å². The molecule has 154 valence electrons. The highest BCUT2D eigenvalue weighted by Crippen LogP contribution is 2.35. The van der Waals surface area contributed by atoms with E-state index in [1.54, 1.807) is 0 Å². The maximum absolute atomic E-state index is 6.14. The lowest BCUT2D eigenvalue weighted by Gasteiger charge is -2.12. The quantitative estimate of drug-likeness (QED) is 0.450. The molecule has 0 radical (unpaired) electrons. The molecule has 8 nitrogen and oxygen atoms in total. The van der Waals surface area contributed by atoms with Crippen molar-refractivity contribution in [3.63, 3.8) is 0 Å². The average Bonchev–Trinajstić information content (AvgIpc) is 3.23. The van der Waals surface area contributed by atoms with Crippen molar-refractivity contribution in [2.45, 2.75) is 46.2 Å². The lowest BCUT2D eigenvalue weighted by molar-refractivity contribution is 0.174. The summed E-state index contributed by atoms with van der Waals surface area (Å²) in [5, 5.41) is 3.46. The summed E-state index contributed by atoms with van der Waals surface area (Å²) in [6, 6.07) is 4.52. The molecule has 3 aromatic rings. The highest BCUT2D eigenvalue weighted by atomic mass is 31.0. The largest absolute Gasteiger partial charge is 0.454 e. The molecule has 0 bridgehead atoms. The molecule has 1 atom stereocenters. The Labute approximate surface area is 172 Å². The van der Waals surface area contributed by atoms with Gasteiger partial charge in [0.25, 0.3) is 0 Å². The van der Waals surface area contributed by atoms with Crippen LogP contribution in [-0.2, 0) is 13.0 Å². The van der Waals surface area contributed by atoms with Crippen molar-refractivity contribution >= 4 is 31.8 Å². The molecule has 0 saturated carbocycles. The van der Waals surface area contributed by atoms with Crippen LogP contribution in [0.25, 0.3) is 11.2 Å². The minimum Gasteiger partial charge on any atom is -0.454 e. The maximum atomic E-state index is 6.14. The van der Waals surface area contributed by atoms with Crippen molar-refractivity contribution in [2.75, 3.05) is 19.1 Å². The van der Waals surface area contributed by atoms with Crippen LogP contribution in [0.4, 0.5) is 5.82 Å². The summed E-state index contributed by atoms with van der Waals surface area (Å²) < 4.78 is 13.2. The summed E-state index contributed by atoms with van der Waals surface area (Å²) in [6.45, 7) is 8.36. The summed E-state index contributed by atoms with van der Waals surface area (Å²) in [7, 11) is 2.52. The fourth-order valence-electron chi connectivity index (χ4n) is 3.53. The topological polar surface area (TPSA) is 100 Å². The minimum absolute atomic E-state index is 0.267. The third-order valence-electron chi connectivity index (χ3n) is 5.01. The first kappa shape index (κ1) is 19.9. The predicted molar refractivity (Wildman–Crippen MR) is 117 cm³/mol. The molecule has 1 aliphatic rings. The van der Waals surface area contributed by atoms with E-state index in [1.807, 2.05) is 12.1 Å². The highest BCUT2D eigenvalue weighted by molar-refractivity contribution is 7.26. The maximum Gasteiger partial charge on any atom is 0.231 e. The van der Waals surface area contributed by atoms with Crippen LogP contribution < -0.4 is 26.1 Å². The number of nitrogens with one attached hydrogen (secondary N) is 1. The van der Waals surface area contributed by atoms with Crippen molar-refractivity contribution in [2.24, 2.45) is 0 Å². The number of nitrogens with zero attached hydrogens (tertiary/aromatic N) is 4. The Hall–Kier alpha value is -2.44. The number of aryl methyl sites for hydroxylation is 2. The van der Waals surface area contributed by atoms with E-state index >= 15 is 0 Å². The second kappa shape index (κ2) is 8.13.